The maximum atomic E-state index is 10.3. The summed E-state index contributed by atoms with van der Waals surface area (Å²) in [6.07, 6.45) is 3.69. The quantitative estimate of drug-likeness (QED) is 0.654. The first kappa shape index (κ1) is 8.35. The summed E-state index contributed by atoms with van der Waals surface area (Å²) >= 11 is 0. The van der Waals surface area contributed by atoms with Crippen LogP contribution in [0.2, 0.25) is 0 Å². The van der Waals surface area contributed by atoms with Crippen LogP contribution < -0.4 is 0 Å². The Bertz CT molecular complexity index is 332. The Morgan fingerprint density at radius 3 is 2.92 bits per heavy atom. The highest BCUT2D eigenvalue weighted by Crippen LogP contribution is 2.37. The summed E-state index contributed by atoms with van der Waals surface area (Å²) in [7, 11) is 0. The zero-order valence-electron chi connectivity index (χ0n) is 7.66. The topological polar surface area (TPSA) is 42.9 Å². The fourth-order valence-corrected chi connectivity index (χ4v) is 1.37. The third-order valence-electron chi connectivity index (χ3n) is 2.16. The van der Waals surface area contributed by atoms with E-state index in [0.29, 0.717) is 12.3 Å². The minimum atomic E-state index is 0.406. The van der Waals surface area contributed by atoms with Gasteiger partial charge in [0, 0.05) is 18.0 Å². The van der Waals surface area contributed by atoms with E-state index < -0.39 is 0 Å². The van der Waals surface area contributed by atoms with Crippen molar-refractivity contribution >= 4 is 6.29 Å². The molecule has 1 fully saturated rings. The van der Waals surface area contributed by atoms with Gasteiger partial charge in [0.2, 0.25) is 0 Å². The Hall–Kier alpha value is -1.25. The number of rotatable bonds is 3. The molecule has 0 radical (unpaired) electrons. The van der Waals surface area contributed by atoms with Crippen molar-refractivity contribution in [2.45, 2.75) is 32.1 Å². The number of aromatic nitrogens is 2. The van der Waals surface area contributed by atoms with Gasteiger partial charge in [0.15, 0.2) is 0 Å². The molecular formula is C10H12N2O. The maximum Gasteiger partial charge on any atom is 0.131 e. The molecule has 1 aromatic heterocycles. The average Bonchev–Trinajstić information content (AvgIpc) is 2.85. The van der Waals surface area contributed by atoms with Crippen LogP contribution in [-0.2, 0) is 11.2 Å². The lowest BCUT2D eigenvalue weighted by Crippen LogP contribution is -2.00. The van der Waals surface area contributed by atoms with E-state index in [2.05, 4.69) is 9.97 Å². The number of aldehydes is 1. The number of carbonyl (C=O) groups excluding carboxylic acids is 1. The van der Waals surface area contributed by atoms with Crippen LogP contribution in [0, 0.1) is 6.92 Å². The molecule has 0 aromatic carbocycles. The molecule has 3 nitrogen and oxygen atoms in total. The Kier molecular flexibility index (Phi) is 2.08. The highest BCUT2D eigenvalue weighted by atomic mass is 16.1. The summed E-state index contributed by atoms with van der Waals surface area (Å²) in [6, 6.07) is 1.88. The first-order valence-corrected chi connectivity index (χ1v) is 4.57. The average molecular weight is 176 g/mol. The molecule has 2 rings (SSSR count). The van der Waals surface area contributed by atoms with Gasteiger partial charge in [-0.3, -0.25) is 0 Å². The fraction of sp³-hybridized carbons (Fsp3) is 0.500. The van der Waals surface area contributed by atoms with Crippen molar-refractivity contribution in [3.05, 3.63) is 23.3 Å². The van der Waals surface area contributed by atoms with E-state index in [1.807, 2.05) is 13.0 Å². The van der Waals surface area contributed by atoms with Gasteiger partial charge < -0.3 is 4.79 Å². The zero-order valence-corrected chi connectivity index (χ0v) is 7.66. The molecular weight excluding hydrogens is 164 g/mol. The summed E-state index contributed by atoms with van der Waals surface area (Å²) in [5, 5.41) is 0. The van der Waals surface area contributed by atoms with E-state index in [1.165, 1.54) is 12.8 Å². The molecule has 1 aromatic rings. The zero-order chi connectivity index (χ0) is 9.26. The highest BCUT2D eigenvalue weighted by Gasteiger charge is 2.26. The lowest BCUT2D eigenvalue weighted by molar-refractivity contribution is -0.107. The lowest BCUT2D eigenvalue weighted by Gasteiger charge is -2.01. The molecule has 0 unspecified atom stereocenters. The van der Waals surface area contributed by atoms with Crippen LogP contribution >= 0.6 is 0 Å². The minimum Gasteiger partial charge on any atom is -0.303 e. The molecule has 0 amide bonds. The van der Waals surface area contributed by atoms with Crippen LogP contribution in [0.1, 0.15) is 36.0 Å². The van der Waals surface area contributed by atoms with Gasteiger partial charge in [-0.2, -0.15) is 0 Å². The van der Waals surface area contributed by atoms with Crippen molar-refractivity contribution in [2.75, 3.05) is 0 Å². The molecule has 13 heavy (non-hydrogen) atoms. The molecule has 3 heteroatoms. The van der Waals surface area contributed by atoms with Crippen LogP contribution in [0.15, 0.2) is 6.07 Å². The van der Waals surface area contributed by atoms with Crippen LogP contribution in [0.25, 0.3) is 0 Å². The van der Waals surface area contributed by atoms with Gasteiger partial charge in [0.1, 0.15) is 12.1 Å². The Labute approximate surface area is 77.2 Å². The Morgan fingerprint density at radius 2 is 2.31 bits per heavy atom. The second kappa shape index (κ2) is 3.24. The molecule has 1 heterocycles. The maximum absolute atomic E-state index is 10.3. The first-order chi connectivity index (χ1) is 6.29. The fourth-order valence-electron chi connectivity index (χ4n) is 1.37. The summed E-state index contributed by atoms with van der Waals surface area (Å²) in [4.78, 5) is 19.0. The predicted octanol–water partition coefficient (Wildman–Crippen LogP) is 1.40. The number of hydrogen-bond acceptors (Lipinski definition) is 3. The second-order valence-electron chi connectivity index (χ2n) is 3.50. The molecule has 1 saturated carbocycles. The molecule has 0 aliphatic heterocycles. The van der Waals surface area contributed by atoms with Crippen LogP contribution in [0.5, 0.6) is 0 Å². The smallest absolute Gasteiger partial charge is 0.131 e. The normalized spacial score (nSPS) is 15.8. The van der Waals surface area contributed by atoms with Gasteiger partial charge in [0.25, 0.3) is 0 Å². The van der Waals surface area contributed by atoms with Crippen molar-refractivity contribution in [1.82, 2.24) is 9.97 Å². The van der Waals surface area contributed by atoms with E-state index in [-0.39, 0.29) is 0 Å². The molecule has 0 N–H and O–H groups in total. The van der Waals surface area contributed by atoms with Gasteiger partial charge in [-0.1, -0.05) is 0 Å². The van der Waals surface area contributed by atoms with Crippen molar-refractivity contribution in [1.29, 1.82) is 0 Å². The minimum absolute atomic E-state index is 0.406. The monoisotopic (exact) mass is 176 g/mol. The largest absolute Gasteiger partial charge is 0.303 e. The van der Waals surface area contributed by atoms with Crippen molar-refractivity contribution in [3.63, 3.8) is 0 Å². The van der Waals surface area contributed by atoms with E-state index in [0.717, 1.165) is 23.5 Å². The van der Waals surface area contributed by atoms with Crippen molar-refractivity contribution < 1.29 is 4.79 Å². The number of nitrogens with zero attached hydrogens (tertiary/aromatic N) is 2. The van der Waals surface area contributed by atoms with Gasteiger partial charge in [0.05, 0.1) is 5.69 Å². The highest BCUT2D eigenvalue weighted by molar-refractivity contribution is 5.53. The second-order valence-corrected chi connectivity index (χ2v) is 3.50. The van der Waals surface area contributed by atoms with Crippen LogP contribution in [-0.4, -0.2) is 16.3 Å². The molecule has 1 aliphatic rings. The van der Waals surface area contributed by atoms with Gasteiger partial charge in [-0.05, 0) is 25.8 Å². The number of aryl methyl sites for hydroxylation is 1. The van der Waals surface area contributed by atoms with E-state index >= 15 is 0 Å². The van der Waals surface area contributed by atoms with Crippen molar-refractivity contribution in [2.24, 2.45) is 0 Å². The molecule has 0 atom stereocenters. The lowest BCUT2D eigenvalue weighted by atomic mass is 10.2. The Morgan fingerprint density at radius 1 is 1.54 bits per heavy atom. The van der Waals surface area contributed by atoms with Crippen LogP contribution in [0.4, 0.5) is 0 Å². The third-order valence-corrected chi connectivity index (χ3v) is 2.16. The van der Waals surface area contributed by atoms with E-state index in [4.69, 9.17) is 0 Å². The molecule has 68 valence electrons. The van der Waals surface area contributed by atoms with E-state index in [1.54, 1.807) is 0 Å². The SMILES string of the molecule is Cc1cc(CC=O)nc(C2CC2)n1. The summed E-state index contributed by atoms with van der Waals surface area (Å²) < 4.78 is 0. The van der Waals surface area contributed by atoms with E-state index in [9.17, 15) is 4.79 Å². The standard InChI is InChI=1S/C10H12N2O/c1-7-6-9(4-5-13)12-10(11-7)8-2-3-8/h5-6,8H,2-4H2,1H3. The summed E-state index contributed by atoms with van der Waals surface area (Å²) in [5.74, 6) is 1.49. The van der Waals surface area contributed by atoms with Crippen LogP contribution in [0.3, 0.4) is 0 Å². The van der Waals surface area contributed by atoms with Gasteiger partial charge in [-0.25, -0.2) is 9.97 Å². The number of carbonyl (C=O) groups is 1. The predicted molar refractivity (Wildman–Crippen MR) is 48.5 cm³/mol. The van der Waals surface area contributed by atoms with Crippen molar-refractivity contribution in [3.8, 4) is 0 Å². The molecule has 1 aliphatic carbocycles. The third kappa shape index (κ3) is 1.91. The first-order valence-electron chi connectivity index (χ1n) is 4.57. The Balaban J connectivity index is 2.29. The molecule has 0 bridgehead atoms. The summed E-state index contributed by atoms with van der Waals surface area (Å²) in [6.45, 7) is 1.95. The molecule has 0 saturated heterocycles. The van der Waals surface area contributed by atoms with Gasteiger partial charge in [-0.15, -0.1) is 0 Å². The number of hydrogen-bond donors (Lipinski definition) is 0. The molecule has 0 spiro atoms. The summed E-state index contributed by atoms with van der Waals surface area (Å²) in [5.41, 5.74) is 1.82. The van der Waals surface area contributed by atoms with Gasteiger partial charge >= 0.3 is 0 Å².